The quantitative estimate of drug-likeness (QED) is 0.450. The first-order valence-electron chi connectivity index (χ1n) is 14.6. The molecule has 3 aliphatic rings. The second-order valence-electron chi connectivity index (χ2n) is 11.9. The lowest BCUT2D eigenvalue weighted by atomic mass is 10.00. The minimum Gasteiger partial charge on any atom is -0.348 e. The predicted molar refractivity (Wildman–Crippen MR) is 157 cm³/mol. The lowest BCUT2D eigenvalue weighted by molar-refractivity contribution is 0.0950. The molecule has 3 fully saturated rings. The van der Waals surface area contributed by atoms with Gasteiger partial charge in [-0.05, 0) is 73.0 Å². The number of nitrogens with zero attached hydrogens (tertiary/aromatic N) is 3. The Bertz CT molecular complexity index is 1360. The van der Waals surface area contributed by atoms with E-state index in [1.807, 2.05) is 36.4 Å². The van der Waals surface area contributed by atoms with Crippen LogP contribution in [0.4, 0.5) is 4.39 Å². The molecule has 0 aromatic heterocycles. The number of piperazine rings is 2. The summed E-state index contributed by atoms with van der Waals surface area (Å²) >= 11 is 0. The zero-order valence-electron chi connectivity index (χ0n) is 23.6. The van der Waals surface area contributed by atoms with Crippen molar-refractivity contribution >= 4 is 5.91 Å². The third-order valence-corrected chi connectivity index (χ3v) is 8.78. The third-order valence-electron chi connectivity index (χ3n) is 8.78. The van der Waals surface area contributed by atoms with Crippen LogP contribution in [0.1, 0.15) is 40.4 Å². The van der Waals surface area contributed by atoms with Crippen LogP contribution in [0.3, 0.4) is 0 Å². The van der Waals surface area contributed by atoms with E-state index < -0.39 is 0 Å². The summed E-state index contributed by atoms with van der Waals surface area (Å²) in [6, 6.07) is 23.0. The second kappa shape index (κ2) is 11.8. The first-order valence-corrected chi connectivity index (χ1v) is 14.6. The zero-order valence-corrected chi connectivity index (χ0v) is 23.6. The van der Waals surface area contributed by atoms with Gasteiger partial charge in [0.05, 0.1) is 0 Å². The van der Waals surface area contributed by atoms with Crippen molar-refractivity contribution in [1.82, 2.24) is 25.3 Å². The fraction of sp³-hybridized carbons (Fsp3) is 0.424. The van der Waals surface area contributed by atoms with Crippen LogP contribution in [0.2, 0.25) is 0 Å². The summed E-state index contributed by atoms with van der Waals surface area (Å²) in [5.41, 5.74) is 5.31. The molecule has 2 N–H and O–H groups in total. The Kier molecular flexibility index (Phi) is 7.98. The van der Waals surface area contributed by atoms with E-state index in [1.165, 1.54) is 23.6 Å². The first kappa shape index (κ1) is 27.1. The van der Waals surface area contributed by atoms with Crippen molar-refractivity contribution in [3.05, 3.63) is 94.8 Å². The molecule has 3 aliphatic heterocycles. The molecule has 40 heavy (non-hydrogen) atoms. The van der Waals surface area contributed by atoms with Gasteiger partial charge in [-0.2, -0.15) is 0 Å². The molecular weight excluding hydrogens is 501 g/mol. The summed E-state index contributed by atoms with van der Waals surface area (Å²) < 4.78 is 14.9. The molecule has 0 spiro atoms. The van der Waals surface area contributed by atoms with Crippen LogP contribution >= 0.6 is 0 Å². The van der Waals surface area contributed by atoms with Gasteiger partial charge in [0.15, 0.2) is 0 Å². The minimum absolute atomic E-state index is 0.109. The molecule has 6 rings (SSSR count). The first-order chi connectivity index (χ1) is 19.4. The molecule has 7 heteroatoms. The standard InChI is InChI=1S/C33H40FN5O/c1-23-18-38(12-11-35-23)19-25-5-3-7-27(13-25)31-15-24(9-10-32(31)34)17-36-33(40)28-8-4-6-26(14-28)20-39-22-29-16-30(39)21-37(29)2/h3-10,13-15,23,29-30,35H,11-12,16-22H2,1-2H3,(H,36,40)/t23-,29-,30-/m0/s1. The molecule has 3 saturated heterocycles. The average molecular weight is 542 g/mol. The molecule has 2 bridgehead atoms. The number of likely N-dealkylation sites (N-methyl/N-ethyl adjacent to an activating group) is 1. The fourth-order valence-corrected chi connectivity index (χ4v) is 6.63. The van der Waals surface area contributed by atoms with Crippen LogP contribution in [0.15, 0.2) is 66.7 Å². The van der Waals surface area contributed by atoms with Gasteiger partial charge in [-0.25, -0.2) is 4.39 Å². The van der Waals surface area contributed by atoms with Crippen LogP contribution in [0, 0.1) is 5.82 Å². The predicted octanol–water partition coefficient (Wildman–Crippen LogP) is 4.10. The van der Waals surface area contributed by atoms with Gasteiger partial charge in [-0.3, -0.25) is 14.6 Å². The van der Waals surface area contributed by atoms with Crippen molar-refractivity contribution in [2.45, 2.75) is 51.1 Å². The maximum Gasteiger partial charge on any atom is 0.251 e. The number of nitrogens with one attached hydrogen (secondary N) is 2. The van der Waals surface area contributed by atoms with E-state index in [1.54, 1.807) is 6.07 Å². The van der Waals surface area contributed by atoms with Crippen LogP contribution in [0.5, 0.6) is 0 Å². The van der Waals surface area contributed by atoms with Crippen LogP contribution < -0.4 is 10.6 Å². The second-order valence-corrected chi connectivity index (χ2v) is 11.9. The topological polar surface area (TPSA) is 50.9 Å². The van der Waals surface area contributed by atoms with Gasteiger partial charge in [-0.1, -0.05) is 36.4 Å². The smallest absolute Gasteiger partial charge is 0.251 e. The van der Waals surface area contributed by atoms with E-state index >= 15 is 0 Å². The monoisotopic (exact) mass is 541 g/mol. The zero-order chi connectivity index (χ0) is 27.6. The van der Waals surface area contributed by atoms with Crippen molar-refractivity contribution in [2.24, 2.45) is 0 Å². The van der Waals surface area contributed by atoms with Gasteiger partial charge in [0.2, 0.25) is 0 Å². The molecule has 0 radical (unpaired) electrons. The van der Waals surface area contributed by atoms with E-state index in [0.717, 1.165) is 56.9 Å². The summed E-state index contributed by atoms with van der Waals surface area (Å²) in [6.45, 7) is 9.52. The Balaban J connectivity index is 1.09. The van der Waals surface area contributed by atoms with Crippen molar-refractivity contribution < 1.29 is 9.18 Å². The number of fused-ring (bicyclic) bond motifs is 2. The summed E-state index contributed by atoms with van der Waals surface area (Å²) in [4.78, 5) is 20.5. The Morgan fingerprint density at radius 3 is 2.55 bits per heavy atom. The Morgan fingerprint density at radius 2 is 1.77 bits per heavy atom. The third kappa shape index (κ3) is 6.13. The van der Waals surface area contributed by atoms with Crippen molar-refractivity contribution in [3.63, 3.8) is 0 Å². The highest BCUT2D eigenvalue weighted by Crippen LogP contribution is 2.30. The number of hydrogen-bond acceptors (Lipinski definition) is 5. The normalized spacial score (nSPS) is 23.5. The number of benzene rings is 3. The summed E-state index contributed by atoms with van der Waals surface area (Å²) in [5.74, 6) is -0.361. The number of amides is 1. The molecule has 3 heterocycles. The Hall–Kier alpha value is -3.10. The largest absolute Gasteiger partial charge is 0.348 e. The van der Waals surface area contributed by atoms with Gasteiger partial charge in [-0.15, -0.1) is 0 Å². The lowest BCUT2D eigenvalue weighted by Gasteiger charge is -2.31. The van der Waals surface area contributed by atoms with Crippen LogP contribution in [-0.4, -0.2) is 78.5 Å². The molecule has 3 atom stereocenters. The summed E-state index contributed by atoms with van der Waals surface area (Å²) in [7, 11) is 2.21. The molecule has 0 unspecified atom stereocenters. The number of hydrogen-bond donors (Lipinski definition) is 2. The van der Waals surface area contributed by atoms with E-state index in [-0.39, 0.29) is 11.7 Å². The fourth-order valence-electron chi connectivity index (χ4n) is 6.63. The summed E-state index contributed by atoms with van der Waals surface area (Å²) in [5, 5.41) is 6.52. The molecule has 0 saturated carbocycles. The van der Waals surface area contributed by atoms with Gasteiger partial charge in [0, 0.05) is 81.6 Å². The lowest BCUT2D eigenvalue weighted by Crippen LogP contribution is -2.48. The van der Waals surface area contributed by atoms with Crippen LogP contribution in [-0.2, 0) is 19.6 Å². The molecule has 210 valence electrons. The average Bonchev–Trinajstić information content (AvgIpc) is 3.52. The van der Waals surface area contributed by atoms with Crippen molar-refractivity contribution in [2.75, 3.05) is 39.8 Å². The van der Waals surface area contributed by atoms with Crippen molar-refractivity contribution in [3.8, 4) is 11.1 Å². The number of carbonyl (C=O) groups is 1. The van der Waals surface area contributed by atoms with E-state index in [4.69, 9.17) is 0 Å². The number of likely N-dealkylation sites (tertiary alicyclic amines) is 2. The van der Waals surface area contributed by atoms with Crippen LogP contribution in [0.25, 0.3) is 11.1 Å². The highest BCUT2D eigenvalue weighted by atomic mass is 19.1. The molecular formula is C33H40FN5O. The van der Waals surface area contributed by atoms with Gasteiger partial charge >= 0.3 is 0 Å². The minimum atomic E-state index is -0.252. The maximum atomic E-state index is 14.9. The molecule has 3 aromatic rings. The number of carbonyl (C=O) groups excluding carboxylic acids is 1. The molecule has 0 aliphatic carbocycles. The van der Waals surface area contributed by atoms with Gasteiger partial charge in [0.1, 0.15) is 5.82 Å². The van der Waals surface area contributed by atoms with Crippen molar-refractivity contribution in [1.29, 1.82) is 0 Å². The van der Waals surface area contributed by atoms with E-state index in [9.17, 15) is 9.18 Å². The SMILES string of the molecule is C[C@H]1CN(Cc2cccc(-c3cc(CNC(=O)c4cccc(CN5C[C@@H]6C[C@H]5CN6C)c4)ccc3F)c2)CCN1. The summed E-state index contributed by atoms with van der Waals surface area (Å²) in [6.07, 6.45) is 1.25. The molecule has 6 nitrogen and oxygen atoms in total. The highest BCUT2D eigenvalue weighted by molar-refractivity contribution is 5.94. The molecule has 1 amide bonds. The maximum absolute atomic E-state index is 14.9. The molecule has 3 aromatic carbocycles. The van der Waals surface area contributed by atoms with Gasteiger partial charge in [0.25, 0.3) is 5.91 Å². The number of rotatable bonds is 8. The Labute approximate surface area is 237 Å². The van der Waals surface area contributed by atoms with E-state index in [2.05, 4.69) is 57.5 Å². The Morgan fingerprint density at radius 1 is 0.950 bits per heavy atom. The van der Waals surface area contributed by atoms with E-state index in [0.29, 0.717) is 35.8 Å². The highest BCUT2D eigenvalue weighted by Gasteiger charge is 2.41. The van der Waals surface area contributed by atoms with Gasteiger partial charge < -0.3 is 15.5 Å². The number of halogens is 1.